The van der Waals surface area contributed by atoms with Gasteiger partial charge in [0.1, 0.15) is 5.75 Å². The second-order valence-electron chi connectivity index (χ2n) is 5.02. The van der Waals surface area contributed by atoms with Crippen LogP contribution in [0.3, 0.4) is 0 Å². The third kappa shape index (κ3) is 4.16. The lowest BCUT2D eigenvalue weighted by Crippen LogP contribution is -2.28. The molecule has 2 N–H and O–H groups in total. The molecule has 0 aliphatic carbocycles. The van der Waals surface area contributed by atoms with Gasteiger partial charge in [0.05, 0.1) is 18.8 Å². The molecule has 1 unspecified atom stereocenters. The van der Waals surface area contributed by atoms with Crippen molar-refractivity contribution in [2.45, 2.75) is 32.9 Å². The Balaban J connectivity index is 2.07. The van der Waals surface area contributed by atoms with E-state index in [-0.39, 0.29) is 11.6 Å². The Bertz CT molecular complexity index is 635. The average Bonchev–Trinajstić information content (AvgIpc) is 2.49. The number of aryl methyl sites for hydroxylation is 1. The van der Waals surface area contributed by atoms with Crippen LogP contribution in [0.2, 0.25) is 0 Å². The van der Waals surface area contributed by atoms with E-state index < -0.39 is 0 Å². The maximum absolute atomic E-state index is 11.7. The third-order valence-electron chi connectivity index (χ3n) is 3.15. The van der Waals surface area contributed by atoms with Crippen LogP contribution in [0.4, 0.5) is 0 Å². The fourth-order valence-electron chi connectivity index (χ4n) is 2.00. The summed E-state index contributed by atoms with van der Waals surface area (Å²) in [6, 6.07) is 10.6. The molecule has 0 amide bonds. The number of ether oxygens (including phenoxy) is 1. The molecule has 0 fully saturated rings. The minimum absolute atomic E-state index is 0.140. The standard InChI is InChI=1S/C16H21N3O2/c1-3-10-21-14-7-5-13(6-8-14)15(17)11-19-16(20)9-4-12(2)18-19/h4-9,15H,3,10-11,17H2,1-2H3. The van der Waals surface area contributed by atoms with Gasteiger partial charge >= 0.3 is 0 Å². The Morgan fingerprint density at radius 3 is 2.62 bits per heavy atom. The van der Waals surface area contributed by atoms with Gasteiger partial charge in [-0.25, -0.2) is 4.68 Å². The normalized spacial score (nSPS) is 12.1. The van der Waals surface area contributed by atoms with Crippen LogP contribution in [0.15, 0.2) is 41.2 Å². The van der Waals surface area contributed by atoms with Gasteiger partial charge in [-0.2, -0.15) is 5.10 Å². The number of hydrogen-bond acceptors (Lipinski definition) is 4. The molecule has 0 saturated heterocycles. The van der Waals surface area contributed by atoms with Crippen molar-refractivity contribution in [3.63, 3.8) is 0 Å². The van der Waals surface area contributed by atoms with E-state index in [0.717, 1.165) is 23.4 Å². The molecule has 0 aliphatic rings. The number of rotatable bonds is 6. The van der Waals surface area contributed by atoms with Crippen molar-refractivity contribution < 1.29 is 4.74 Å². The van der Waals surface area contributed by atoms with Crippen LogP contribution in [-0.4, -0.2) is 16.4 Å². The fourth-order valence-corrected chi connectivity index (χ4v) is 2.00. The molecule has 1 heterocycles. The molecule has 21 heavy (non-hydrogen) atoms. The summed E-state index contributed by atoms with van der Waals surface area (Å²) in [6.45, 7) is 4.97. The van der Waals surface area contributed by atoms with Crippen LogP contribution in [0.25, 0.3) is 0 Å². The Labute approximate surface area is 124 Å². The van der Waals surface area contributed by atoms with Crippen LogP contribution in [-0.2, 0) is 6.54 Å². The van der Waals surface area contributed by atoms with Gasteiger partial charge in [-0.3, -0.25) is 4.79 Å². The molecule has 5 nitrogen and oxygen atoms in total. The topological polar surface area (TPSA) is 70.1 Å². The lowest BCUT2D eigenvalue weighted by molar-refractivity contribution is 0.317. The highest BCUT2D eigenvalue weighted by atomic mass is 16.5. The zero-order valence-corrected chi connectivity index (χ0v) is 12.5. The van der Waals surface area contributed by atoms with E-state index in [0.29, 0.717) is 13.2 Å². The molecule has 0 aliphatic heterocycles. The number of benzene rings is 1. The van der Waals surface area contributed by atoms with Gasteiger partial charge in [0.15, 0.2) is 0 Å². The van der Waals surface area contributed by atoms with Crippen molar-refractivity contribution in [2.75, 3.05) is 6.61 Å². The van der Waals surface area contributed by atoms with Gasteiger partial charge in [0.2, 0.25) is 0 Å². The lowest BCUT2D eigenvalue weighted by Gasteiger charge is -2.14. The number of aromatic nitrogens is 2. The van der Waals surface area contributed by atoms with E-state index in [2.05, 4.69) is 12.0 Å². The van der Waals surface area contributed by atoms with E-state index in [4.69, 9.17) is 10.5 Å². The smallest absolute Gasteiger partial charge is 0.266 e. The minimum Gasteiger partial charge on any atom is -0.494 e. The molecule has 5 heteroatoms. The van der Waals surface area contributed by atoms with Crippen molar-refractivity contribution in [1.29, 1.82) is 0 Å². The van der Waals surface area contributed by atoms with Crippen LogP contribution < -0.4 is 16.0 Å². The van der Waals surface area contributed by atoms with Crippen molar-refractivity contribution in [2.24, 2.45) is 5.73 Å². The Morgan fingerprint density at radius 2 is 1.95 bits per heavy atom. The van der Waals surface area contributed by atoms with Crippen molar-refractivity contribution in [1.82, 2.24) is 9.78 Å². The Hall–Kier alpha value is -2.14. The number of nitrogens with two attached hydrogens (primary N) is 1. The summed E-state index contributed by atoms with van der Waals surface area (Å²) in [5.74, 6) is 0.832. The predicted octanol–water partition coefficient (Wildman–Crippen LogP) is 2.04. The quantitative estimate of drug-likeness (QED) is 0.882. The van der Waals surface area contributed by atoms with E-state index in [1.54, 1.807) is 6.07 Å². The van der Waals surface area contributed by atoms with Crippen molar-refractivity contribution in [3.05, 3.63) is 58.0 Å². The number of nitrogens with zero attached hydrogens (tertiary/aromatic N) is 2. The molecule has 1 aromatic carbocycles. The zero-order valence-electron chi connectivity index (χ0n) is 12.5. The molecule has 0 saturated carbocycles. The van der Waals surface area contributed by atoms with Gasteiger partial charge < -0.3 is 10.5 Å². The number of hydrogen-bond donors (Lipinski definition) is 1. The molecule has 0 bridgehead atoms. The van der Waals surface area contributed by atoms with E-state index in [1.807, 2.05) is 31.2 Å². The van der Waals surface area contributed by atoms with Gasteiger partial charge in [0.25, 0.3) is 5.56 Å². The first-order chi connectivity index (χ1) is 10.1. The van der Waals surface area contributed by atoms with Gasteiger partial charge in [-0.15, -0.1) is 0 Å². The van der Waals surface area contributed by atoms with E-state index in [9.17, 15) is 4.79 Å². The van der Waals surface area contributed by atoms with E-state index in [1.165, 1.54) is 10.7 Å². The highest BCUT2D eigenvalue weighted by molar-refractivity contribution is 5.29. The maximum Gasteiger partial charge on any atom is 0.266 e. The van der Waals surface area contributed by atoms with Gasteiger partial charge in [-0.1, -0.05) is 19.1 Å². The molecule has 112 valence electrons. The molecular formula is C16H21N3O2. The SMILES string of the molecule is CCCOc1ccc(C(N)Cn2nc(C)ccc2=O)cc1. The summed E-state index contributed by atoms with van der Waals surface area (Å²) in [5, 5.41) is 4.20. The lowest BCUT2D eigenvalue weighted by atomic mass is 10.1. The average molecular weight is 287 g/mol. The summed E-state index contributed by atoms with van der Waals surface area (Å²) in [5.41, 5.74) is 7.77. The highest BCUT2D eigenvalue weighted by Gasteiger charge is 2.09. The molecular weight excluding hydrogens is 266 g/mol. The summed E-state index contributed by atoms with van der Waals surface area (Å²) in [4.78, 5) is 11.7. The highest BCUT2D eigenvalue weighted by Crippen LogP contribution is 2.17. The fraction of sp³-hybridized carbons (Fsp3) is 0.375. The van der Waals surface area contributed by atoms with Gasteiger partial charge in [-0.05, 0) is 37.1 Å². The first kappa shape index (κ1) is 15.3. The van der Waals surface area contributed by atoms with Crippen molar-refractivity contribution >= 4 is 0 Å². The third-order valence-corrected chi connectivity index (χ3v) is 3.15. The van der Waals surface area contributed by atoms with Crippen LogP contribution in [0.1, 0.15) is 30.6 Å². The Kier molecular flexibility index (Phi) is 5.11. The second kappa shape index (κ2) is 7.04. The zero-order chi connectivity index (χ0) is 15.2. The molecule has 1 aromatic heterocycles. The largest absolute Gasteiger partial charge is 0.494 e. The molecule has 2 rings (SSSR count). The summed E-state index contributed by atoms with van der Waals surface area (Å²) < 4.78 is 6.94. The second-order valence-corrected chi connectivity index (χ2v) is 5.02. The van der Waals surface area contributed by atoms with Crippen LogP contribution in [0.5, 0.6) is 5.75 Å². The molecule has 2 aromatic rings. The first-order valence-electron chi connectivity index (χ1n) is 7.13. The predicted molar refractivity (Wildman–Crippen MR) is 82.4 cm³/mol. The summed E-state index contributed by atoms with van der Waals surface area (Å²) in [7, 11) is 0. The summed E-state index contributed by atoms with van der Waals surface area (Å²) in [6.07, 6.45) is 0.975. The van der Waals surface area contributed by atoms with Gasteiger partial charge in [0, 0.05) is 12.1 Å². The van der Waals surface area contributed by atoms with Crippen molar-refractivity contribution in [3.8, 4) is 5.75 Å². The van der Waals surface area contributed by atoms with Crippen LogP contribution in [0, 0.1) is 6.92 Å². The molecule has 0 radical (unpaired) electrons. The summed E-state index contributed by atoms with van der Waals surface area (Å²) >= 11 is 0. The monoisotopic (exact) mass is 287 g/mol. The first-order valence-corrected chi connectivity index (χ1v) is 7.13. The van der Waals surface area contributed by atoms with Crippen LogP contribution >= 0.6 is 0 Å². The Morgan fingerprint density at radius 1 is 1.24 bits per heavy atom. The molecule has 1 atom stereocenters. The van der Waals surface area contributed by atoms with E-state index >= 15 is 0 Å². The maximum atomic E-state index is 11.7. The minimum atomic E-state index is -0.280. The molecule has 0 spiro atoms.